The van der Waals surface area contributed by atoms with Gasteiger partial charge in [-0.3, -0.25) is 4.79 Å². The van der Waals surface area contributed by atoms with Crippen molar-refractivity contribution in [2.45, 2.75) is 33.7 Å². The van der Waals surface area contributed by atoms with Crippen LogP contribution in [0.3, 0.4) is 0 Å². The van der Waals surface area contributed by atoms with Crippen LogP contribution in [-0.2, 0) is 0 Å². The standard InChI is InChI=1S/C14H21NO2/c1-10(2)15(5-6-16)14(17)13-8-11(3)7-12(4)9-13/h7-10,16H,5-6H2,1-4H3. The molecule has 1 aromatic rings. The first-order chi connectivity index (χ1) is 7.95. The van der Waals surface area contributed by atoms with Gasteiger partial charge in [0, 0.05) is 18.2 Å². The Morgan fingerprint density at radius 3 is 2.18 bits per heavy atom. The van der Waals surface area contributed by atoms with E-state index < -0.39 is 0 Å². The van der Waals surface area contributed by atoms with E-state index in [9.17, 15) is 4.79 Å². The lowest BCUT2D eigenvalue weighted by Crippen LogP contribution is -2.39. The van der Waals surface area contributed by atoms with Crippen molar-refractivity contribution < 1.29 is 9.90 Å². The maximum absolute atomic E-state index is 12.3. The number of hydrogen-bond acceptors (Lipinski definition) is 2. The summed E-state index contributed by atoms with van der Waals surface area (Å²) in [4.78, 5) is 14.0. The molecule has 3 nitrogen and oxygen atoms in total. The minimum Gasteiger partial charge on any atom is -0.395 e. The van der Waals surface area contributed by atoms with Crippen LogP contribution in [0.15, 0.2) is 18.2 Å². The van der Waals surface area contributed by atoms with Gasteiger partial charge >= 0.3 is 0 Å². The number of amides is 1. The Labute approximate surface area is 103 Å². The monoisotopic (exact) mass is 235 g/mol. The molecule has 0 aliphatic heterocycles. The number of benzene rings is 1. The van der Waals surface area contributed by atoms with Gasteiger partial charge in [0.05, 0.1) is 6.61 Å². The van der Waals surface area contributed by atoms with Crippen LogP contribution in [0.25, 0.3) is 0 Å². The number of hydrogen-bond donors (Lipinski definition) is 1. The highest BCUT2D eigenvalue weighted by atomic mass is 16.3. The van der Waals surface area contributed by atoms with E-state index in [2.05, 4.69) is 0 Å². The number of aryl methyl sites for hydroxylation is 2. The first-order valence-corrected chi connectivity index (χ1v) is 5.96. The quantitative estimate of drug-likeness (QED) is 0.868. The second-order valence-electron chi connectivity index (χ2n) is 4.69. The smallest absolute Gasteiger partial charge is 0.254 e. The van der Waals surface area contributed by atoms with Gasteiger partial charge in [0.2, 0.25) is 0 Å². The van der Waals surface area contributed by atoms with Gasteiger partial charge in [-0.2, -0.15) is 0 Å². The summed E-state index contributed by atoms with van der Waals surface area (Å²) in [6.45, 7) is 8.25. The van der Waals surface area contributed by atoms with Crippen LogP contribution >= 0.6 is 0 Å². The summed E-state index contributed by atoms with van der Waals surface area (Å²) in [7, 11) is 0. The predicted octanol–water partition coefficient (Wildman–Crippen LogP) is 2.15. The fourth-order valence-corrected chi connectivity index (χ4v) is 1.97. The maximum atomic E-state index is 12.3. The highest BCUT2D eigenvalue weighted by molar-refractivity contribution is 5.94. The number of carbonyl (C=O) groups excluding carboxylic acids is 1. The van der Waals surface area contributed by atoms with Crippen LogP contribution in [0.1, 0.15) is 35.3 Å². The Morgan fingerprint density at radius 2 is 1.76 bits per heavy atom. The molecule has 0 atom stereocenters. The summed E-state index contributed by atoms with van der Waals surface area (Å²) in [5.41, 5.74) is 2.87. The van der Waals surface area contributed by atoms with Crippen molar-refractivity contribution in [1.29, 1.82) is 0 Å². The SMILES string of the molecule is Cc1cc(C)cc(C(=O)N(CCO)C(C)C)c1. The Balaban J connectivity index is 3.00. The molecule has 1 N–H and O–H groups in total. The second-order valence-corrected chi connectivity index (χ2v) is 4.69. The average Bonchev–Trinajstić information content (AvgIpc) is 2.23. The van der Waals surface area contributed by atoms with Crippen LogP contribution < -0.4 is 0 Å². The van der Waals surface area contributed by atoms with Crippen LogP contribution in [0.5, 0.6) is 0 Å². The molecule has 1 aromatic carbocycles. The van der Waals surface area contributed by atoms with Crippen LogP contribution in [0.4, 0.5) is 0 Å². The summed E-state index contributed by atoms with van der Waals surface area (Å²) in [6.07, 6.45) is 0. The summed E-state index contributed by atoms with van der Waals surface area (Å²) in [6, 6.07) is 5.92. The molecule has 0 fully saturated rings. The molecule has 0 saturated heterocycles. The summed E-state index contributed by atoms with van der Waals surface area (Å²) >= 11 is 0. The van der Waals surface area contributed by atoms with E-state index in [-0.39, 0.29) is 18.6 Å². The molecule has 3 heteroatoms. The van der Waals surface area contributed by atoms with E-state index in [1.54, 1.807) is 4.90 Å². The molecule has 0 radical (unpaired) electrons. The third-order valence-electron chi connectivity index (χ3n) is 2.69. The van der Waals surface area contributed by atoms with Crippen molar-refractivity contribution in [2.75, 3.05) is 13.2 Å². The van der Waals surface area contributed by atoms with Crippen molar-refractivity contribution in [2.24, 2.45) is 0 Å². The average molecular weight is 235 g/mol. The Bertz CT molecular complexity index is 379. The topological polar surface area (TPSA) is 40.5 Å². The fraction of sp³-hybridized carbons (Fsp3) is 0.500. The lowest BCUT2D eigenvalue weighted by atomic mass is 10.1. The zero-order chi connectivity index (χ0) is 13.0. The minimum absolute atomic E-state index is 0.00524. The van der Waals surface area contributed by atoms with Crippen molar-refractivity contribution in [3.05, 3.63) is 34.9 Å². The van der Waals surface area contributed by atoms with E-state index >= 15 is 0 Å². The maximum Gasteiger partial charge on any atom is 0.254 e. The highest BCUT2D eigenvalue weighted by Crippen LogP contribution is 2.13. The molecule has 0 spiro atoms. The summed E-state index contributed by atoms with van der Waals surface area (Å²) in [5.74, 6) is -0.0131. The van der Waals surface area contributed by atoms with E-state index in [4.69, 9.17) is 5.11 Å². The summed E-state index contributed by atoms with van der Waals surface area (Å²) < 4.78 is 0. The van der Waals surface area contributed by atoms with Gasteiger partial charge in [-0.1, -0.05) is 17.2 Å². The van der Waals surface area contributed by atoms with Gasteiger partial charge in [-0.15, -0.1) is 0 Å². The molecule has 17 heavy (non-hydrogen) atoms. The second kappa shape index (κ2) is 5.82. The van der Waals surface area contributed by atoms with Gasteiger partial charge < -0.3 is 10.0 Å². The van der Waals surface area contributed by atoms with Crippen molar-refractivity contribution in [1.82, 2.24) is 4.90 Å². The molecule has 0 saturated carbocycles. The van der Waals surface area contributed by atoms with Crippen molar-refractivity contribution in [3.8, 4) is 0 Å². The zero-order valence-corrected chi connectivity index (χ0v) is 11.0. The van der Waals surface area contributed by atoms with E-state index in [0.717, 1.165) is 11.1 Å². The minimum atomic E-state index is -0.0131. The lowest BCUT2D eigenvalue weighted by Gasteiger charge is -2.26. The molecule has 94 valence electrons. The molecule has 0 aliphatic rings. The highest BCUT2D eigenvalue weighted by Gasteiger charge is 2.18. The molecule has 0 heterocycles. The Morgan fingerprint density at radius 1 is 1.24 bits per heavy atom. The van der Waals surface area contributed by atoms with Gasteiger partial charge in [0.15, 0.2) is 0 Å². The van der Waals surface area contributed by atoms with Crippen LogP contribution in [-0.4, -0.2) is 35.1 Å². The van der Waals surface area contributed by atoms with E-state index in [0.29, 0.717) is 12.1 Å². The normalized spacial score (nSPS) is 10.7. The van der Waals surface area contributed by atoms with Crippen LogP contribution in [0.2, 0.25) is 0 Å². The predicted molar refractivity (Wildman–Crippen MR) is 69.2 cm³/mol. The molecule has 0 unspecified atom stereocenters. The number of aliphatic hydroxyl groups is 1. The number of carbonyl (C=O) groups is 1. The third kappa shape index (κ3) is 3.56. The lowest BCUT2D eigenvalue weighted by molar-refractivity contribution is 0.0665. The van der Waals surface area contributed by atoms with Crippen LogP contribution in [0, 0.1) is 13.8 Å². The Kier molecular flexibility index (Phi) is 4.70. The molecular weight excluding hydrogens is 214 g/mol. The van der Waals surface area contributed by atoms with Gasteiger partial charge in [-0.05, 0) is 39.8 Å². The number of rotatable bonds is 4. The zero-order valence-electron chi connectivity index (χ0n) is 11.0. The first-order valence-electron chi connectivity index (χ1n) is 5.96. The van der Waals surface area contributed by atoms with E-state index in [1.165, 1.54) is 0 Å². The molecular formula is C14H21NO2. The first kappa shape index (κ1) is 13.7. The molecule has 0 aliphatic carbocycles. The number of aliphatic hydroxyl groups excluding tert-OH is 1. The summed E-state index contributed by atoms with van der Waals surface area (Å²) in [5, 5.41) is 9.00. The Hall–Kier alpha value is -1.35. The third-order valence-corrected chi connectivity index (χ3v) is 2.69. The number of nitrogens with zero attached hydrogens (tertiary/aromatic N) is 1. The fourth-order valence-electron chi connectivity index (χ4n) is 1.97. The van der Waals surface area contributed by atoms with E-state index in [1.807, 2.05) is 45.9 Å². The van der Waals surface area contributed by atoms with Crippen molar-refractivity contribution in [3.63, 3.8) is 0 Å². The van der Waals surface area contributed by atoms with Gasteiger partial charge in [0.25, 0.3) is 5.91 Å². The van der Waals surface area contributed by atoms with Gasteiger partial charge in [0.1, 0.15) is 0 Å². The molecule has 0 aromatic heterocycles. The largest absolute Gasteiger partial charge is 0.395 e. The molecule has 1 rings (SSSR count). The molecule has 1 amide bonds. The molecule has 0 bridgehead atoms. The van der Waals surface area contributed by atoms with Crippen molar-refractivity contribution >= 4 is 5.91 Å². The van der Waals surface area contributed by atoms with Gasteiger partial charge in [-0.25, -0.2) is 0 Å².